The second kappa shape index (κ2) is 21.3. The third-order valence-corrected chi connectivity index (χ3v) is 9.25. The third kappa shape index (κ3) is 11.0. The molecular weight excluding hydrogens is 800 g/mol. The number of halogens is 2. The lowest BCUT2D eigenvalue weighted by molar-refractivity contribution is 0.0592. The van der Waals surface area contributed by atoms with Gasteiger partial charge in [-0.15, -0.1) is 12.4 Å². The average Bonchev–Trinajstić information content (AvgIpc) is 3.87. The minimum absolute atomic E-state index is 0. The first-order valence-electron chi connectivity index (χ1n) is 17.1. The molecule has 14 heteroatoms. The second-order valence-electron chi connectivity index (χ2n) is 12.4. The maximum absolute atomic E-state index is 11.8. The van der Waals surface area contributed by atoms with E-state index < -0.39 is 5.97 Å². The maximum atomic E-state index is 11.8. The minimum Gasteiger partial charge on any atom is -0.465 e. The van der Waals surface area contributed by atoms with Crippen LogP contribution in [0.25, 0.3) is 44.6 Å². The second-order valence-corrected chi connectivity index (χ2v) is 13.2. The number of ether oxygens (including phenoxy) is 2. The number of hydrogen-bond donors (Lipinski definition) is 3. The highest BCUT2D eigenvalue weighted by atomic mass is 79.9. The molecule has 8 rings (SSSR count). The van der Waals surface area contributed by atoms with Crippen LogP contribution in [0.3, 0.4) is 0 Å². The Kier molecular flexibility index (Phi) is 17.3. The van der Waals surface area contributed by atoms with Crippen LogP contribution in [-0.4, -0.2) is 94.7 Å². The summed E-state index contributed by atoms with van der Waals surface area (Å²) >= 11 is 3.44. The third-order valence-electron chi connectivity index (χ3n) is 8.70. The largest absolute Gasteiger partial charge is 0.465 e. The topological polar surface area (TPSA) is 160 Å². The van der Waals surface area contributed by atoms with Gasteiger partial charge in [0.25, 0.3) is 0 Å². The molecule has 296 valence electrons. The SMILES string of the molecule is C.C.COC(=O)c1ccc2nc(-c3ccccc3)c(Br)nc2c1.COC(=O)c1ccc2nc(-c3ccccc3)c(N3CC[C@H](O)C3)nc2c1.Cl.O[C@H]1CCNC1. The van der Waals surface area contributed by atoms with Gasteiger partial charge in [-0.05, 0) is 71.7 Å². The average molecular weight is 848 g/mol. The van der Waals surface area contributed by atoms with Crippen LogP contribution in [0.5, 0.6) is 0 Å². The van der Waals surface area contributed by atoms with Gasteiger partial charge < -0.3 is 29.9 Å². The van der Waals surface area contributed by atoms with Crippen molar-refractivity contribution in [3.05, 3.63) is 113 Å². The van der Waals surface area contributed by atoms with Crippen LogP contribution in [-0.2, 0) is 9.47 Å². The van der Waals surface area contributed by atoms with Gasteiger partial charge >= 0.3 is 11.9 Å². The van der Waals surface area contributed by atoms with E-state index in [4.69, 9.17) is 24.5 Å². The molecule has 0 amide bonds. The highest BCUT2D eigenvalue weighted by Gasteiger charge is 2.25. The molecule has 2 aromatic heterocycles. The number of aliphatic hydroxyl groups excluding tert-OH is 2. The molecule has 0 unspecified atom stereocenters. The Hall–Kier alpha value is -5.05. The fourth-order valence-electron chi connectivity index (χ4n) is 5.93. The number of β-amino-alcohol motifs (C(OH)–C–C–N with tert-alkyl or cyclic N) is 2. The van der Waals surface area contributed by atoms with Gasteiger partial charge in [-0.2, -0.15) is 0 Å². The Morgan fingerprint density at radius 3 is 1.66 bits per heavy atom. The van der Waals surface area contributed by atoms with E-state index in [1.807, 2.05) is 65.6 Å². The first-order valence-corrected chi connectivity index (χ1v) is 17.9. The molecule has 2 fully saturated rings. The Morgan fingerprint density at radius 2 is 1.21 bits per heavy atom. The molecule has 4 aromatic carbocycles. The molecule has 0 radical (unpaired) electrons. The summed E-state index contributed by atoms with van der Waals surface area (Å²) in [4.78, 5) is 44.1. The van der Waals surface area contributed by atoms with E-state index >= 15 is 0 Å². The molecule has 6 aromatic rings. The summed E-state index contributed by atoms with van der Waals surface area (Å²) in [5.74, 6) is -0.0665. The molecule has 3 N–H and O–H groups in total. The van der Waals surface area contributed by atoms with Gasteiger partial charge in [0.2, 0.25) is 0 Å². The number of nitrogens with one attached hydrogen (secondary N) is 1. The number of carbonyl (C=O) groups is 2. The summed E-state index contributed by atoms with van der Waals surface area (Å²) in [5.41, 5.74) is 7.10. The molecule has 0 spiro atoms. The van der Waals surface area contributed by atoms with Gasteiger partial charge in [0.15, 0.2) is 5.82 Å². The summed E-state index contributed by atoms with van der Waals surface area (Å²) in [6.45, 7) is 3.02. The highest BCUT2D eigenvalue weighted by molar-refractivity contribution is 9.10. The lowest BCUT2D eigenvalue weighted by Crippen LogP contribution is -2.23. The van der Waals surface area contributed by atoms with Crippen molar-refractivity contribution in [3.8, 4) is 22.5 Å². The van der Waals surface area contributed by atoms with Gasteiger partial charge in [0, 0.05) is 30.8 Å². The summed E-state index contributed by atoms with van der Waals surface area (Å²) in [6.07, 6.45) is 1.21. The van der Waals surface area contributed by atoms with E-state index in [1.54, 1.807) is 36.4 Å². The zero-order valence-electron chi connectivity index (χ0n) is 29.7. The number of benzene rings is 4. The van der Waals surface area contributed by atoms with E-state index in [9.17, 15) is 14.7 Å². The van der Waals surface area contributed by atoms with Crippen molar-refractivity contribution in [2.45, 2.75) is 39.9 Å². The van der Waals surface area contributed by atoms with Crippen molar-refractivity contribution < 1.29 is 29.3 Å². The van der Waals surface area contributed by atoms with E-state index in [2.05, 4.69) is 31.2 Å². The smallest absolute Gasteiger partial charge is 0.337 e. The number of carbonyl (C=O) groups excluding carboxylic acids is 2. The lowest BCUT2D eigenvalue weighted by Gasteiger charge is -2.20. The summed E-state index contributed by atoms with van der Waals surface area (Å²) in [5, 5.41) is 21.6. The van der Waals surface area contributed by atoms with Crippen molar-refractivity contribution in [2.24, 2.45) is 0 Å². The predicted molar refractivity (Wildman–Crippen MR) is 227 cm³/mol. The van der Waals surface area contributed by atoms with Crippen molar-refractivity contribution >= 4 is 68.2 Å². The van der Waals surface area contributed by atoms with E-state index in [-0.39, 0.29) is 45.4 Å². The molecule has 2 saturated heterocycles. The number of hydrogen-bond acceptors (Lipinski definition) is 12. The van der Waals surface area contributed by atoms with Crippen molar-refractivity contribution in [3.63, 3.8) is 0 Å². The minimum atomic E-state index is -0.404. The highest BCUT2D eigenvalue weighted by Crippen LogP contribution is 2.32. The van der Waals surface area contributed by atoms with E-state index in [1.165, 1.54) is 14.2 Å². The molecule has 2 aliphatic heterocycles. The predicted octanol–water partition coefficient (Wildman–Crippen LogP) is 7.53. The maximum Gasteiger partial charge on any atom is 0.337 e. The van der Waals surface area contributed by atoms with E-state index in [0.717, 1.165) is 59.9 Å². The van der Waals surface area contributed by atoms with Crippen LogP contribution in [0.2, 0.25) is 0 Å². The molecule has 0 aliphatic carbocycles. The first kappa shape index (κ1) is 45.3. The molecule has 4 heterocycles. The Balaban J connectivity index is 0.000000253. The number of methoxy groups -OCH3 is 2. The molecule has 12 nitrogen and oxygen atoms in total. The van der Waals surface area contributed by atoms with Gasteiger partial charge in [-0.3, -0.25) is 0 Å². The quantitative estimate of drug-likeness (QED) is 0.147. The number of fused-ring (bicyclic) bond motifs is 2. The fraction of sp³-hybridized carbons (Fsp3) is 0.286. The normalized spacial score (nSPS) is 15.5. The summed E-state index contributed by atoms with van der Waals surface area (Å²) in [6, 6.07) is 30.0. The first-order chi connectivity index (χ1) is 25.7. The number of aromatic nitrogens is 4. The standard InChI is InChI=1S/C20H19N3O3.C16H11BrN2O2.C4H9NO.2CH4.ClH/c1-26-20(25)14-7-8-16-17(11-14)22-19(23-10-9-15(24)12-23)18(21-16)13-5-3-2-4-6-13;1-21-16(20)11-7-8-12-13(9-11)19-15(17)14(18-12)10-5-3-2-4-6-10;6-4-1-2-5-3-4;;;/h2-8,11,15,24H,9-10,12H2,1H3;2-9H,1H3;4-6H,1-3H2;2*1H4;1H/t15-;;4-;;;/m0.0.../s1. The van der Waals surface area contributed by atoms with Crippen molar-refractivity contribution in [1.29, 1.82) is 0 Å². The monoisotopic (exact) mass is 846 g/mol. The number of anilines is 1. The number of nitrogens with zero attached hydrogens (tertiary/aromatic N) is 5. The molecule has 0 saturated carbocycles. The zero-order chi connectivity index (χ0) is 37.3. The Labute approximate surface area is 341 Å². The Morgan fingerprint density at radius 1 is 0.696 bits per heavy atom. The van der Waals surface area contributed by atoms with Crippen molar-refractivity contribution in [1.82, 2.24) is 25.3 Å². The number of esters is 2. The number of rotatable bonds is 5. The number of aliphatic hydroxyl groups is 2. The van der Waals surface area contributed by atoms with E-state index in [0.29, 0.717) is 45.2 Å². The molecular formula is C42H48BrClN6O6. The lowest BCUT2D eigenvalue weighted by atomic mass is 10.1. The molecule has 2 aliphatic rings. The van der Waals surface area contributed by atoms with Crippen LogP contribution in [0.4, 0.5) is 5.82 Å². The van der Waals surface area contributed by atoms with Crippen LogP contribution >= 0.6 is 28.3 Å². The van der Waals surface area contributed by atoms with Gasteiger partial charge in [0.05, 0.1) is 59.6 Å². The summed E-state index contributed by atoms with van der Waals surface area (Å²) < 4.78 is 10.1. The molecule has 2 atom stereocenters. The van der Waals surface area contributed by atoms with Gasteiger partial charge in [0.1, 0.15) is 16.0 Å². The molecule has 56 heavy (non-hydrogen) atoms. The zero-order valence-corrected chi connectivity index (χ0v) is 32.1. The van der Waals surface area contributed by atoms with Gasteiger partial charge in [-0.25, -0.2) is 29.5 Å². The fourth-order valence-corrected chi connectivity index (χ4v) is 6.44. The summed E-state index contributed by atoms with van der Waals surface area (Å²) in [7, 11) is 2.71. The Bertz CT molecular complexity index is 2210. The van der Waals surface area contributed by atoms with Crippen LogP contribution in [0, 0.1) is 0 Å². The van der Waals surface area contributed by atoms with Crippen LogP contribution in [0.1, 0.15) is 48.4 Å². The molecule has 0 bridgehead atoms. The van der Waals surface area contributed by atoms with Crippen LogP contribution < -0.4 is 10.2 Å². The van der Waals surface area contributed by atoms with Crippen molar-refractivity contribution in [2.75, 3.05) is 45.3 Å². The van der Waals surface area contributed by atoms with Crippen LogP contribution in [0.15, 0.2) is 102 Å². The van der Waals surface area contributed by atoms with Gasteiger partial charge in [-0.1, -0.05) is 75.5 Å².